The molecule has 4 bridgehead atoms. The number of nitrogens with two attached hydrogens (primary N) is 2. The molecule has 18 heteroatoms. The standard InChI is InChI=1S/C46H53ClN8O9/c1-25-42(60)53-35(44(62)54-41(49)38(58)19-20-39(59)50-2)23-26-7-17-36(56)32(22-26)33-24-30(14-18-37(33)57)40(45(63)51-25)55(3)46(64)34(6-4-5-21-48)52-43(61)29-10-8-27(9-11-29)28-12-15-31(47)16-13-28/h7-18,22,24-25,34-35,40-41,56-57H,4-6,19-21,23,48-49H2,1-3H3,(H,50,59)(H,51,63)(H,52,61)(H,53,60)(H,54,62). The smallest absolute Gasteiger partial charge is 0.251 e. The van der Waals surface area contributed by atoms with Crippen molar-refractivity contribution in [2.75, 3.05) is 20.6 Å². The first-order valence-corrected chi connectivity index (χ1v) is 21.1. The van der Waals surface area contributed by atoms with Gasteiger partial charge in [0.15, 0.2) is 5.78 Å². The van der Waals surface area contributed by atoms with Gasteiger partial charge in [0.25, 0.3) is 5.91 Å². The molecule has 0 saturated carbocycles. The van der Waals surface area contributed by atoms with Crippen LogP contribution in [0, 0.1) is 0 Å². The number of carbonyl (C=O) groups is 7. The summed E-state index contributed by atoms with van der Waals surface area (Å²) in [5.74, 6) is -5.30. The zero-order valence-corrected chi connectivity index (χ0v) is 36.4. The van der Waals surface area contributed by atoms with Crippen molar-refractivity contribution in [1.29, 1.82) is 0 Å². The molecule has 1 aliphatic rings. The minimum absolute atomic E-state index is 0.0734. The summed E-state index contributed by atoms with van der Waals surface area (Å²) in [4.78, 5) is 95.5. The zero-order valence-electron chi connectivity index (χ0n) is 35.7. The van der Waals surface area contributed by atoms with E-state index in [1.54, 1.807) is 36.4 Å². The Kier molecular flexibility index (Phi) is 16.6. The van der Waals surface area contributed by atoms with E-state index in [1.165, 1.54) is 57.4 Å². The number of hydrogen-bond acceptors (Lipinski definition) is 11. The summed E-state index contributed by atoms with van der Waals surface area (Å²) in [7, 11) is 2.78. The third-order valence-electron chi connectivity index (χ3n) is 10.9. The maximum Gasteiger partial charge on any atom is 0.251 e. The van der Waals surface area contributed by atoms with Gasteiger partial charge in [-0.25, -0.2) is 0 Å². The Balaban J connectivity index is 1.46. The summed E-state index contributed by atoms with van der Waals surface area (Å²) in [5, 5.41) is 35.6. The highest BCUT2D eigenvalue weighted by atomic mass is 35.5. The number of halogens is 1. The molecule has 11 N–H and O–H groups in total. The molecule has 64 heavy (non-hydrogen) atoms. The lowest BCUT2D eigenvalue weighted by atomic mass is 9.93. The summed E-state index contributed by atoms with van der Waals surface area (Å²) < 4.78 is 0. The summed E-state index contributed by atoms with van der Waals surface area (Å²) in [6, 6.07) is 17.2. The van der Waals surface area contributed by atoms with E-state index in [-0.39, 0.29) is 59.4 Å². The zero-order chi connectivity index (χ0) is 46.7. The highest BCUT2D eigenvalue weighted by molar-refractivity contribution is 6.30. The van der Waals surface area contributed by atoms with Crippen molar-refractivity contribution in [2.45, 2.75) is 75.8 Å². The predicted molar refractivity (Wildman–Crippen MR) is 239 cm³/mol. The fourth-order valence-electron chi connectivity index (χ4n) is 7.19. The van der Waals surface area contributed by atoms with Crippen molar-refractivity contribution in [3.8, 4) is 33.8 Å². The number of Topliss-reactive ketones (excluding diaryl/α,β-unsaturated/α-hetero) is 1. The predicted octanol–water partition coefficient (Wildman–Crippen LogP) is 2.55. The van der Waals surface area contributed by atoms with Crippen LogP contribution in [0.4, 0.5) is 0 Å². The summed E-state index contributed by atoms with van der Waals surface area (Å²) in [6.07, 6.45) is -0.971. The number of benzene rings is 4. The Hall–Kier alpha value is -6.82. The molecule has 0 aromatic heterocycles. The van der Waals surface area contributed by atoms with Crippen LogP contribution < -0.4 is 38.1 Å². The number of unbranched alkanes of at least 4 members (excludes halogenated alkanes) is 1. The maximum absolute atomic E-state index is 14.6. The number of hydrogen-bond donors (Lipinski definition) is 9. The summed E-state index contributed by atoms with van der Waals surface area (Å²) >= 11 is 6.04. The molecule has 0 radical (unpaired) electrons. The molecule has 0 aliphatic carbocycles. The molecular weight excluding hydrogens is 844 g/mol. The Morgan fingerprint density at radius 3 is 2.09 bits per heavy atom. The number of amides is 6. The fraction of sp³-hybridized carbons (Fsp3) is 0.326. The molecule has 17 nitrogen and oxygen atoms in total. The SMILES string of the molecule is CNC(=O)CCC(=O)C(N)NC(=O)C1Cc2ccc(O)c(c2)-c2cc(ccc2O)C(N(C)C(=O)C(CCCCN)NC(=O)c2ccc(-c3ccc(Cl)cc3)cc2)C(=O)NC(C)C(=O)N1. The van der Waals surface area contributed by atoms with E-state index >= 15 is 0 Å². The summed E-state index contributed by atoms with van der Waals surface area (Å²) in [6.45, 7) is 1.70. The summed E-state index contributed by atoms with van der Waals surface area (Å²) in [5.41, 5.74) is 14.5. The molecule has 5 atom stereocenters. The molecular formula is C46H53ClN8O9. The number of phenolic OH excluding ortho intramolecular Hbond substituents is 2. The van der Waals surface area contributed by atoms with Crippen molar-refractivity contribution in [1.82, 2.24) is 31.5 Å². The first-order chi connectivity index (χ1) is 30.5. The van der Waals surface area contributed by atoms with E-state index in [2.05, 4.69) is 26.6 Å². The van der Waals surface area contributed by atoms with Gasteiger partial charge in [0.05, 0.1) is 0 Å². The lowest BCUT2D eigenvalue weighted by Gasteiger charge is -2.32. The molecule has 4 aromatic rings. The van der Waals surface area contributed by atoms with Crippen LogP contribution in [0.2, 0.25) is 5.02 Å². The molecule has 6 amide bonds. The highest BCUT2D eigenvalue weighted by Gasteiger charge is 2.36. The van der Waals surface area contributed by atoms with Crippen LogP contribution in [0.25, 0.3) is 22.3 Å². The van der Waals surface area contributed by atoms with Crippen molar-refractivity contribution < 1.29 is 43.8 Å². The first-order valence-electron chi connectivity index (χ1n) is 20.7. The quantitative estimate of drug-likeness (QED) is 0.0618. The van der Waals surface area contributed by atoms with Crippen molar-refractivity contribution in [2.24, 2.45) is 11.5 Å². The van der Waals surface area contributed by atoms with Crippen molar-refractivity contribution in [3.63, 3.8) is 0 Å². The molecule has 0 spiro atoms. The normalized spacial score (nSPS) is 17.1. The molecule has 1 aliphatic heterocycles. The Morgan fingerprint density at radius 1 is 0.828 bits per heavy atom. The lowest BCUT2D eigenvalue weighted by Crippen LogP contribution is -2.58. The number of ketones is 1. The Labute approximate surface area is 375 Å². The number of fused-ring (bicyclic) bond motifs is 5. The largest absolute Gasteiger partial charge is 0.507 e. The molecule has 0 saturated heterocycles. The number of aromatic hydroxyl groups is 2. The van der Waals surface area contributed by atoms with E-state index in [0.29, 0.717) is 30.0 Å². The maximum atomic E-state index is 14.6. The van der Waals surface area contributed by atoms with Crippen LogP contribution in [0.3, 0.4) is 0 Å². The van der Waals surface area contributed by atoms with Crippen LogP contribution in [-0.2, 0) is 35.2 Å². The number of rotatable bonds is 15. The second-order valence-electron chi connectivity index (χ2n) is 15.5. The fourth-order valence-corrected chi connectivity index (χ4v) is 7.31. The number of likely N-dealkylation sites (N-methyl/N-ethyl adjacent to an activating group) is 1. The third kappa shape index (κ3) is 12.2. The van der Waals surface area contributed by atoms with Crippen LogP contribution in [0.1, 0.15) is 66.6 Å². The first kappa shape index (κ1) is 48.2. The highest BCUT2D eigenvalue weighted by Crippen LogP contribution is 2.39. The van der Waals surface area contributed by atoms with Gasteiger partial charge in [-0.3, -0.25) is 33.6 Å². The Morgan fingerprint density at radius 2 is 1.45 bits per heavy atom. The van der Waals surface area contributed by atoms with E-state index in [1.807, 2.05) is 12.1 Å². The Bertz CT molecular complexity index is 2380. The van der Waals surface area contributed by atoms with Gasteiger partial charge in [-0.15, -0.1) is 0 Å². The van der Waals surface area contributed by atoms with Gasteiger partial charge in [-0.2, -0.15) is 0 Å². The van der Waals surface area contributed by atoms with Crippen molar-refractivity contribution >= 4 is 52.8 Å². The molecule has 5 rings (SSSR count). The van der Waals surface area contributed by atoms with Crippen LogP contribution in [-0.4, -0.2) is 101 Å². The van der Waals surface area contributed by atoms with Crippen LogP contribution in [0.5, 0.6) is 11.5 Å². The average Bonchev–Trinajstić information content (AvgIpc) is 3.28. The van der Waals surface area contributed by atoms with Crippen molar-refractivity contribution in [3.05, 3.63) is 107 Å². The van der Waals surface area contributed by atoms with E-state index in [4.69, 9.17) is 23.1 Å². The number of carbonyl (C=O) groups excluding carboxylic acids is 7. The van der Waals surface area contributed by atoms with E-state index < -0.39 is 71.6 Å². The van der Waals surface area contributed by atoms with Gasteiger partial charge in [0.2, 0.25) is 29.5 Å². The molecule has 338 valence electrons. The average molecular weight is 897 g/mol. The number of nitrogens with zero attached hydrogens (tertiary/aromatic N) is 1. The second kappa shape index (κ2) is 22.0. The minimum atomic E-state index is -1.52. The number of nitrogens with one attached hydrogen (secondary N) is 5. The van der Waals surface area contributed by atoms with Gasteiger partial charge in [-0.05, 0) is 104 Å². The van der Waals surface area contributed by atoms with Crippen LogP contribution >= 0.6 is 11.6 Å². The van der Waals surface area contributed by atoms with Gasteiger partial charge in [0, 0.05) is 55.1 Å². The van der Waals surface area contributed by atoms with E-state index in [0.717, 1.165) is 16.0 Å². The molecule has 5 unspecified atom stereocenters. The van der Waals surface area contributed by atoms with Gasteiger partial charge in [-0.1, -0.05) is 48.0 Å². The second-order valence-corrected chi connectivity index (χ2v) is 15.9. The van der Waals surface area contributed by atoms with Crippen LogP contribution in [0.15, 0.2) is 84.9 Å². The van der Waals surface area contributed by atoms with Gasteiger partial charge < -0.3 is 53.2 Å². The molecule has 4 aromatic carbocycles. The van der Waals surface area contributed by atoms with Gasteiger partial charge in [0.1, 0.15) is 41.8 Å². The number of phenols is 2. The minimum Gasteiger partial charge on any atom is -0.507 e. The molecule has 1 heterocycles. The van der Waals surface area contributed by atoms with E-state index in [9.17, 15) is 43.8 Å². The lowest BCUT2D eigenvalue weighted by molar-refractivity contribution is -0.141. The van der Waals surface area contributed by atoms with Gasteiger partial charge >= 0.3 is 0 Å². The third-order valence-corrected chi connectivity index (χ3v) is 11.1. The molecule has 0 fully saturated rings. The monoisotopic (exact) mass is 896 g/mol. The topological polar surface area (TPSA) is 275 Å².